The van der Waals surface area contributed by atoms with Gasteiger partial charge in [0.05, 0.1) is 10.9 Å². The van der Waals surface area contributed by atoms with Crippen molar-refractivity contribution in [1.29, 1.82) is 0 Å². The number of anilines is 1. The smallest absolute Gasteiger partial charge is 0.331 e. The molecular weight excluding hydrogens is 396 g/mol. The number of benzene rings is 2. The van der Waals surface area contributed by atoms with Crippen molar-refractivity contribution in [2.45, 2.75) is 33.4 Å². The van der Waals surface area contributed by atoms with E-state index in [2.05, 4.69) is 17.4 Å². The van der Waals surface area contributed by atoms with Gasteiger partial charge in [-0.25, -0.2) is 4.79 Å². The summed E-state index contributed by atoms with van der Waals surface area (Å²) in [5.74, 6) is -0.279. The highest BCUT2D eigenvalue weighted by atomic mass is 16.5. The van der Waals surface area contributed by atoms with Crippen LogP contribution in [0.3, 0.4) is 0 Å². The minimum absolute atomic E-state index is 0.181. The largest absolute Gasteiger partial charge is 0.338 e. The van der Waals surface area contributed by atoms with Crippen molar-refractivity contribution >= 4 is 22.7 Å². The van der Waals surface area contributed by atoms with E-state index in [4.69, 9.17) is 4.52 Å². The first kappa shape index (κ1) is 20.3. The van der Waals surface area contributed by atoms with Gasteiger partial charge in [-0.05, 0) is 31.0 Å². The number of hydrogen-bond acceptors (Lipinski definition) is 5. The van der Waals surface area contributed by atoms with Crippen LogP contribution in [-0.2, 0) is 24.3 Å². The second kappa shape index (κ2) is 8.43. The molecule has 0 aliphatic carbocycles. The first-order chi connectivity index (χ1) is 15.0. The molecule has 8 nitrogen and oxygen atoms in total. The predicted molar refractivity (Wildman–Crippen MR) is 118 cm³/mol. The fourth-order valence-electron chi connectivity index (χ4n) is 3.50. The fraction of sp³-hybridized carbons (Fsp3) is 0.217. The Balaban J connectivity index is 1.59. The minimum Gasteiger partial charge on any atom is -0.338 e. The van der Waals surface area contributed by atoms with Crippen LogP contribution in [0.15, 0.2) is 68.7 Å². The van der Waals surface area contributed by atoms with Gasteiger partial charge >= 0.3 is 5.69 Å². The summed E-state index contributed by atoms with van der Waals surface area (Å²) < 4.78 is 7.64. The van der Waals surface area contributed by atoms with Crippen LogP contribution in [0.2, 0.25) is 0 Å². The van der Waals surface area contributed by atoms with Gasteiger partial charge in [-0.2, -0.15) is 0 Å². The van der Waals surface area contributed by atoms with E-state index in [1.165, 1.54) is 10.1 Å². The number of aryl methyl sites for hydroxylation is 1. The Hall–Kier alpha value is -3.94. The third-order valence-corrected chi connectivity index (χ3v) is 5.18. The van der Waals surface area contributed by atoms with Crippen LogP contribution in [0.25, 0.3) is 22.2 Å². The number of carbonyl (C=O) groups excluding carboxylic acids is 1. The second-order valence-corrected chi connectivity index (χ2v) is 7.11. The zero-order chi connectivity index (χ0) is 22.0. The molecule has 158 valence electrons. The summed E-state index contributed by atoms with van der Waals surface area (Å²) in [5.41, 5.74) is 2.20. The molecule has 2 heterocycles. The van der Waals surface area contributed by atoms with Crippen LogP contribution in [-0.4, -0.2) is 20.2 Å². The lowest BCUT2D eigenvalue weighted by Crippen LogP contribution is -2.41. The zero-order valence-corrected chi connectivity index (χ0v) is 17.3. The van der Waals surface area contributed by atoms with Crippen LogP contribution in [0.4, 0.5) is 5.88 Å². The monoisotopic (exact) mass is 418 g/mol. The lowest BCUT2D eigenvalue weighted by atomic mass is 10.1. The average molecular weight is 418 g/mol. The second-order valence-electron chi connectivity index (χ2n) is 7.11. The number of para-hydroxylation sites is 1. The van der Waals surface area contributed by atoms with Crippen LogP contribution >= 0.6 is 0 Å². The molecule has 31 heavy (non-hydrogen) atoms. The highest BCUT2D eigenvalue weighted by Crippen LogP contribution is 2.22. The van der Waals surface area contributed by atoms with Gasteiger partial charge in [-0.3, -0.25) is 24.0 Å². The van der Waals surface area contributed by atoms with Gasteiger partial charge in [0, 0.05) is 18.2 Å². The third kappa shape index (κ3) is 3.92. The lowest BCUT2D eigenvalue weighted by Gasteiger charge is -2.12. The summed E-state index contributed by atoms with van der Waals surface area (Å²) in [7, 11) is 0. The molecule has 2 aromatic heterocycles. The molecule has 4 aromatic rings. The molecule has 0 aliphatic rings. The number of rotatable bonds is 6. The van der Waals surface area contributed by atoms with E-state index in [-0.39, 0.29) is 24.5 Å². The molecule has 0 aliphatic heterocycles. The van der Waals surface area contributed by atoms with Gasteiger partial charge in [0.2, 0.25) is 11.8 Å². The molecule has 1 amide bonds. The number of nitrogens with zero attached hydrogens (tertiary/aromatic N) is 3. The summed E-state index contributed by atoms with van der Waals surface area (Å²) in [6.45, 7) is 3.75. The van der Waals surface area contributed by atoms with Crippen molar-refractivity contribution in [3.63, 3.8) is 0 Å². The highest BCUT2D eigenvalue weighted by molar-refractivity contribution is 5.91. The first-order valence-corrected chi connectivity index (χ1v) is 10.1. The molecule has 4 rings (SSSR count). The van der Waals surface area contributed by atoms with Crippen molar-refractivity contribution in [1.82, 2.24) is 14.3 Å². The summed E-state index contributed by atoms with van der Waals surface area (Å²) in [4.78, 5) is 37.9. The molecule has 0 saturated carbocycles. The number of nitrogens with one attached hydrogen (secondary N) is 1. The van der Waals surface area contributed by atoms with Crippen molar-refractivity contribution in [2.75, 3.05) is 5.32 Å². The molecule has 8 heteroatoms. The molecule has 0 radical (unpaired) electrons. The van der Waals surface area contributed by atoms with E-state index in [9.17, 15) is 14.4 Å². The van der Waals surface area contributed by atoms with Crippen LogP contribution in [0, 0.1) is 0 Å². The Morgan fingerprint density at radius 2 is 1.77 bits per heavy atom. The quantitative estimate of drug-likeness (QED) is 0.519. The summed E-state index contributed by atoms with van der Waals surface area (Å²) >= 11 is 0. The molecule has 2 aromatic carbocycles. The Kier molecular flexibility index (Phi) is 5.53. The zero-order valence-electron chi connectivity index (χ0n) is 17.3. The molecule has 0 unspecified atom stereocenters. The highest BCUT2D eigenvalue weighted by Gasteiger charge is 2.16. The van der Waals surface area contributed by atoms with Crippen molar-refractivity contribution in [3.8, 4) is 11.3 Å². The fourth-order valence-corrected chi connectivity index (χ4v) is 3.50. The molecular formula is C23H22N4O4. The maximum absolute atomic E-state index is 12.8. The van der Waals surface area contributed by atoms with Crippen LogP contribution in [0.1, 0.15) is 19.4 Å². The maximum Gasteiger partial charge on any atom is 0.331 e. The third-order valence-electron chi connectivity index (χ3n) is 5.18. The van der Waals surface area contributed by atoms with Crippen molar-refractivity contribution in [2.24, 2.45) is 0 Å². The van der Waals surface area contributed by atoms with Gasteiger partial charge < -0.3 is 4.52 Å². The Bertz CT molecular complexity index is 1360. The molecule has 1 N–H and O–H groups in total. The lowest BCUT2D eigenvalue weighted by molar-refractivity contribution is -0.116. The normalized spacial score (nSPS) is 11.0. The number of aromatic nitrogens is 3. The molecule has 0 bridgehead atoms. The Morgan fingerprint density at radius 3 is 2.48 bits per heavy atom. The number of hydrogen-bond donors (Lipinski definition) is 1. The van der Waals surface area contributed by atoms with E-state index in [0.29, 0.717) is 16.6 Å². The van der Waals surface area contributed by atoms with Gasteiger partial charge in [0.25, 0.3) is 5.56 Å². The van der Waals surface area contributed by atoms with Gasteiger partial charge in [0.15, 0.2) is 0 Å². The minimum atomic E-state index is -0.532. The maximum atomic E-state index is 12.8. The summed E-state index contributed by atoms with van der Waals surface area (Å²) in [5, 5.41) is 7.02. The van der Waals surface area contributed by atoms with E-state index in [1.54, 1.807) is 37.3 Å². The van der Waals surface area contributed by atoms with E-state index in [1.807, 2.05) is 24.3 Å². The summed E-state index contributed by atoms with van der Waals surface area (Å²) in [6, 6.07) is 16.3. The van der Waals surface area contributed by atoms with Gasteiger partial charge in [-0.1, -0.05) is 48.5 Å². The van der Waals surface area contributed by atoms with E-state index in [0.717, 1.165) is 16.6 Å². The first-order valence-electron chi connectivity index (χ1n) is 10.1. The standard InChI is InChI=1S/C23H22N4O4/c1-3-15-9-11-16(12-10-15)18-13-21(31-25-18)24-20(28)14-27-19-8-6-5-7-17(19)22(29)26(4-2)23(27)30/h5-13H,3-4,14H2,1-2H3,(H,24,28). The number of carbonyl (C=O) groups is 1. The Morgan fingerprint density at radius 1 is 1.03 bits per heavy atom. The van der Waals surface area contributed by atoms with E-state index < -0.39 is 11.6 Å². The molecule has 0 spiro atoms. The summed E-state index contributed by atoms with van der Waals surface area (Å²) in [6.07, 6.45) is 0.944. The van der Waals surface area contributed by atoms with Gasteiger partial charge in [0.1, 0.15) is 12.2 Å². The Labute approximate surface area is 177 Å². The predicted octanol–water partition coefficient (Wildman–Crippen LogP) is 3.04. The van der Waals surface area contributed by atoms with E-state index >= 15 is 0 Å². The topological polar surface area (TPSA) is 99.1 Å². The molecule has 0 atom stereocenters. The van der Waals surface area contributed by atoms with Crippen LogP contribution in [0.5, 0.6) is 0 Å². The number of amides is 1. The van der Waals surface area contributed by atoms with Crippen molar-refractivity contribution in [3.05, 3.63) is 81.0 Å². The molecule has 0 saturated heterocycles. The molecule has 0 fully saturated rings. The number of fused-ring (bicyclic) bond motifs is 1. The average Bonchev–Trinajstić information content (AvgIpc) is 3.25. The SMILES string of the molecule is CCc1ccc(-c2cc(NC(=O)Cn3c(=O)n(CC)c(=O)c4ccccc43)on2)cc1. The van der Waals surface area contributed by atoms with Crippen LogP contribution < -0.4 is 16.6 Å². The van der Waals surface area contributed by atoms with Gasteiger partial charge in [-0.15, -0.1) is 0 Å². The van der Waals surface area contributed by atoms with Crippen molar-refractivity contribution < 1.29 is 9.32 Å².